The number of nitrogens with zero attached hydrogens (tertiary/aromatic N) is 4. The summed E-state index contributed by atoms with van der Waals surface area (Å²) < 4.78 is 7.38. The Kier molecular flexibility index (Phi) is 4.55. The molecule has 21 heavy (non-hydrogen) atoms. The van der Waals surface area contributed by atoms with Gasteiger partial charge in [0.2, 0.25) is 5.16 Å². The minimum absolute atomic E-state index is 0.370. The van der Waals surface area contributed by atoms with Crippen LogP contribution in [0.2, 0.25) is 0 Å². The number of rotatable bonds is 4. The van der Waals surface area contributed by atoms with Crippen molar-refractivity contribution in [2.24, 2.45) is 0 Å². The second kappa shape index (κ2) is 6.58. The van der Waals surface area contributed by atoms with Crippen LogP contribution < -0.4 is 0 Å². The van der Waals surface area contributed by atoms with Crippen LogP contribution in [0.5, 0.6) is 0 Å². The lowest BCUT2D eigenvalue weighted by Crippen LogP contribution is -2.21. The molecule has 0 atom stereocenters. The first-order valence-corrected chi connectivity index (χ1v) is 8.27. The zero-order valence-electron chi connectivity index (χ0n) is 12.5. The normalized spacial score (nSPS) is 16.3. The van der Waals surface area contributed by atoms with Gasteiger partial charge in [0.05, 0.1) is 6.04 Å². The van der Waals surface area contributed by atoms with E-state index in [-0.39, 0.29) is 0 Å². The Morgan fingerprint density at radius 3 is 2.90 bits per heavy atom. The molecule has 3 rings (SSSR count). The van der Waals surface area contributed by atoms with Crippen LogP contribution in [0.1, 0.15) is 35.6 Å². The smallest absolute Gasteiger partial charge is 0.209 e. The maximum absolute atomic E-state index is 5.41. The molecule has 6 heteroatoms. The lowest BCUT2D eigenvalue weighted by molar-refractivity contribution is 0.0631. The summed E-state index contributed by atoms with van der Waals surface area (Å²) in [5.41, 5.74) is 3.96. The van der Waals surface area contributed by atoms with Gasteiger partial charge in [0.25, 0.3) is 0 Å². The van der Waals surface area contributed by atoms with Gasteiger partial charge in [-0.1, -0.05) is 35.5 Å². The van der Waals surface area contributed by atoms with Crippen LogP contribution in [0.4, 0.5) is 0 Å². The first-order chi connectivity index (χ1) is 10.2. The van der Waals surface area contributed by atoms with Crippen molar-refractivity contribution in [3.05, 3.63) is 34.9 Å². The Hall–Kier alpha value is -1.40. The highest BCUT2D eigenvalue weighted by Gasteiger charge is 2.20. The maximum Gasteiger partial charge on any atom is 0.209 e. The van der Waals surface area contributed by atoms with E-state index in [1.54, 1.807) is 11.8 Å². The monoisotopic (exact) mass is 304 g/mol. The summed E-state index contributed by atoms with van der Waals surface area (Å²) >= 11 is 1.71. The van der Waals surface area contributed by atoms with Gasteiger partial charge in [-0.3, -0.25) is 0 Å². The van der Waals surface area contributed by atoms with Crippen molar-refractivity contribution >= 4 is 11.8 Å². The molecule has 2 heterocycles. The topological polar surface area (TPSA) is 52.8 Å². The highest BCUT2D eigenvalue weighted by Crippen LogP contribution is 2.27. The fraction of sp³-hybridized carbons (Fsp3) is 0.533. The van der Waals surface area contributed by atoms with Crippen LogP contribution in [0.3, 0.4) is 0 Å². The van der Waals surface area contributed by atoms with Crippen molar-refractivity contribution in [3.63, 3.8) is 0 Å². The maximum atomic E-state index is 5.41. The number of thioether (sulfide) groups is 1. The van der Waals surface area contributed by atoms with Gasteiger partial charge in [-0.25, -0.2) is 4.68 Å². The summed E-state index contributed by atoms with van der Waals surface area (Å²) in [4.78, 5) is 0. The molecule has 5 nitrogen and oxygen atoms in total. The van der Waals surface area contributed by atoms with Crippen molar-refractivity contribution in [2.45, 2.75) is 43.6 Å². The van der Waals surface area contributed by atoms with Crippen LogP contribution in [0, 0.1) is 13.8 Å². The molecule has 1 aromatic heterocycles. The molecule has 1 aliphatic rings. The predicted octanol–water partition coefficient (Wildman–Crippen LogP) is 2.93. The summed E-state index contributed by atoms with van der Waals surface area (Å²) in [5.74, 6) is 0.900. The van der Waals surface area contributed by atoms with E-state index in [1.807, 2.05) is 4.68 Å². The lowest BCUT2D eigenvalue weighted by Gasteiger charge is -2.22. The molecule has 0 spiro atoms. The number of aryl methyl sites for hydroxylation is 2. The first kappa shape index (κ1) is 14.5. The fourth-order valence-electron chi connectivity index (χ4n) is 2.54. The van der Waals surface area contributed by atoms with Gasteiger partial charge < -0.3 is 4.74 Å². The zero-order chi connectivity index (χ0) is 14.7. The first-order valence-electron chi connectivity index (χ1n) is 7.28. The molecule has 2 aromatic rings. The summed E-state index contributed by atoms with van der Waals surface area (Å²) in [6.07, 6.45) is 1.98. The Balaban J connectivity index is 1.71. The van der Waals surface area contributed by atoms with Gasteiger partial charge in [-0.2, -0.15) is 0 Å². The van der Waals surface area contributed by atoms with Gasteiger partial charge in [0.15, 0.2) is 0 Å². The van der Waals surface area contributed by atoms with Gasteiger partial charge >= 0.3 is 0 Å². The van der Waals surface area contributed by atoms with E-state index >= 15 is 0 Å². The highest BCUT2D eigenvalue weighted by molar-refractivity contribution is 7.98. The third kappa shape index (κ3) is 3.44. The number of hydrogen-bond donors (Lipinski definition) is 0. The van der Waals surface area contributed by atoms with E-state index in [9.17, 15) is 0 Å². The SMILES string of the molecule is Cc1ccc(C)c(CSc2nnnn2C2CCOCC2)c1. The van der Waals surface area contributed by atoms with E-state index in [4.69, 9.17) is 4.74 Å². The Morgan fingerprint density at radius 1 is 1.29 bits per heavy atom. The number of aromatic nitrogens is 4. The molecule has 0 N–H and O–H groups in total. The highest BCUT2D eigenvalue weighted by atomic mass is 32.2. The van der Waals surface area contributed by atoms with Crippen molar-refractivity contribution in [3.8, 4) is 0 Å². The second-order valence-electron chi connectivity index (χ2n) is 5.47. The standard InChI is InChI=1S/C15H20N4OS/c1-11-3-4-12(2)13(9-11)10-21-15-16-17-18-19(15)14-5-7-20-8-6-14/h3-4,9,14H,5-8,10H2,1-2H3. The molecule has 0 radical (unpaired) electrons. The van der Waals surface area contributed by atoms with E-state index in [0.29, 0.717) is 6.04 Å². The fourth-order valence-corrected chi connectivity index (χ4v) is 3.55. The molecular weight excluding hydrogens is 284 g/mol. The molecule has 112 valence electrons. The van der Waals surface area contributed by atoms with Gasteiger partial charge in [-0.15, -0.1) is 5.10 Å². The largest absolute Gasteiger partial charge is 0.381 e. The van der Waals surface area contributed by atoms with Crippen LogP contribution in [0.25, 0.3) is 0 Å². The molecule has 0 aliphatic carbocycles. The van der Waals surface area contributed by atoms with Crippen LogP contribution in [-0.2, 0) is 10.5 Å². The van der Waals surface area contributed by atoms with Crippen molar-refractivity contribution in [1.29, 1.82) is 0 Å². The van der Waals surface area contributed by atoms with Crippen molar-refractivity contribution < 1.29 is 4.74 Å². The van der Waals surface area contributed by atoms with Gasteiger partial charge in [-0.05, 0) is 48.2 Å². The van der Waals surface area contributed by atoms with Crippen LogP contribution in [-0.4, -0.2) is 33.4 Å². The van der Waals surface area contributed by atoms with E-state index in [1.165, 1.54) is 16.7 Å². The van der Waals surface area contributed by atoms with Gasteiger partial charge in [0.1, 0.15) is 0 Å². The van der Waals surface area contributed by atoms with Crippen molar-refractivity contribution in [1.82, 2.24) is 20.2 Å². The zero-order valence-corrected chi connectivity index (χ0v) is 13.3. The Bertz CT molecular complexity index is 607. The molecular formula is C15H20N4OS. The molecule has 0 unspecified atom stereocenters. The molecule has 0 amide bonds. The molecule has 0 bridgehead atoms. The molecule has 1 aliphatic heterocycles. The Morgan fingerprint density at radius 2 is 2.10 bits per heavy atom. The lowest BCUT2D eigenvalue weighted by atomic mass is 10.1. The summed E-state index contributed by atoms with van der Waals surface area (Å²) in [6, 6.07) is 6.93. The van der Waals surface area contributed by atoms with E-state index < -0.39 is 0 Å². The summed E-state index contributed by atoms with van der Waals surface area (Å²) in [6.45, 7) is 5.87. The molecule has 1 fully saturated rings. The number of hydrogen-bond acceptors (Lipinski definition) is 5. The molecule has 1 saturated heterocycles. The van der Waals surface area contributed by atoms with E-state index in [2.05, 4.69) is 47.6 Å². The van der Waals surface area contributed by atoms with Gasteiger partial charge in [0, 0.05) is 19.0 Å². The number of ether oxygens (including phenoxy) is 1. The van der Waals surface area contributed by atoms with E-state index in [0.717, 1.165) is 37.0 Å². The third-order valence-electron chi connectivity index (χ3n) is 3.86. The summed E-state index contributed by atoms with van der Waals surface area (Å²) in [7, 11) is 0. The van der Waals surface area contributed by atoms with Crippen LogP contribution in [0.15, 0.2) is 23.4 Å². The third-order valence-corrected chi connectivity index (χ3v) is 4.84. The second-order valence-corrected chi connectivity index (χ2v) is 6.41. The number of tetrazole rings is 1. The Labute approximate surface area is 129 Å². The molecule has 0 saturated carbocycles. The molecule has 1 aromatic carbocycles. The van der Waals surface area contributed by atoms with Crippen molar-refractivity contribution in [2.75, 3.05) is 13.2 Å². The predicted molar refractivity (Wildman–Crippen MR) is 82.4 cm³/mol. The average molecular weight is 304 g/mol. The van der Waals surface area contributed by atoms with Crippen LogP contribution >= 0.6 is 11.8 Å². The average Bonchev–Trinajstić information content (AvgIpc) is 2.97. The number of benzene rings is 1. The quantitative estimate of drug-likeness (QED) is 0.813. The minimum atomic E-state index is 0.370. The summed E-state index contributed by atoms with van der Waals surface area (Å²) in [5, 5.41) is 13.1. The minimum Gasteiger partial charge on any atom is -0.381 e.